The minimum absolute atomic E-state index is 0.155. The molecule has 0 aliphatic heterocycles. The van der Waals surface area contributed by atoms with E-state index in [1.807, 2.05) is 13.8 Å². The average molecular weight is 334 g/mol. The van der Waals surface area contributed by atoms with Gasteiger partial charge in [-0.2, -0.15) is 0 Å². The van der Waals surface area contributed by atoms with E-state index in [-0.39, 0.29) is 11.8 Å². The van der Waals surface area contributed by atoms with Crippen molar-refractivity contribution in [1.82, 2.24) is 15.3 Å². The van der Waals surface area contributed by atoms with Crippen LogP contribution in [0.1, 0.15) is 33.2 Å². The average Bonchev–Trinajstić information content (AvgIpc) is 2.63. The topological polar surface area (TPSA) is 84.0 Å². The Balaban J connectivity index is 1.87. The van der Waals surface area contributed by atoms with Crippen LogP contribution in [0.5, 0.6) is 0 Å². The molecule has 0 atom stereocenters. The molecule has 1 heterocycles. The predicted molar refractivity (Wildman–Crippen MR) is 96.7 cm³/mol. The molecule has 3 aromatic rings. The number of hydrogen-bond donors (Lipinski definition) is 2. The number of aromatic nitrogens is 2. The van der Waals surface area contributed by atoms with E-state index in [9.17, 15) is 9.59 Å². The summed E-state index contributed by atoms with van der Waals surface area (Å²) in [5, 5.41) is 5.63. The van der Waals surface area contributed by atoms with Crippen molar-refractivity contribution in [3.8, 4) is 0 Å². The van der Waals surface area contributed by atoms with Crippen LogP contribution in [0, 0.1) is 6.92 Å². The molecule has 0 aliphatic carbocycles. The number of anilines is 1. The van der Waals surface area contributed by atoms with Crippen molar-refractivity contribution in [2.45, 2.75) is 13.8 Å². The maximum absolute atomic E-state index is 12.6. The molecule has 2 aromatic carbocycles. The Hall–Kier alpha value is -3.28. The molecule has 126 valence electrons. The van der Waals surface area contributed by atoms with Crippen molar-refractivity contribution in [2.24, 2.45) is 0 Å². The maximum atomic E-state index is 12.6. The second kappa shape index (κ2) is 7.09. The molecule has 0 saturated carbocycles. The fourth-order valence-electron chi connectivity index (χ4n) is 2.57. The van der Waals surface area contributed by atoms with Gasteiger partial charge in [0.2, 0.25) is 0 Å². The maximum Gasteiger partial charge on any atom is 0.255 e. The number of hydrogen-bond acceptors (Lipinski definition) is 4. The summed E-state index contributed by atoms with van der Waals surface area (Å²) in [6.07, 6.45) is 3.20. The van der Waals surface area contributed by atoms with Crippen LogP contribution < -0.4 is 10.6 Å². The standard InChI is InChI=1S/C19H18N4O2/c1-3-20-19(25)14-5-4-6-15(12(14)2)23-18(24)13-7-8-16-17(11-13)22-10-9-21-16/h4-11H,3H2,1-2H3,(H,20,25)(H,23,24). The zero-order valence-corrected chi connectivity index (χ0v) is 14.0. The Kier molecular flexibility index (Phi) is 4.70. The number of carbonyl (C=O) groups excluding carboxylic acids is 2. The van der Waals surface area contributed by atoms with Crippen molar-refractivity contribution in [3.05, 3.63) is 65.5 Å². The van der Waals surface area contributed by atoms with Gasteiger partial charge in [-0.15, -0.1) is 0 Å². The van der Waals surface area contributed by atoms with Crippen molar-refractivity contribution in [1.29, 1.82) is 0 Å². The molecule has 25 heavy (non-hydrogen) atoms. The first-order chi connectivity index (χ1) is 12.1. The highest BCUT2D eigenvalue weighted by atomic mass is 16.2. The normalized spacial score (nSPS) is 10.5. The van der Waals surface area contributed by atoms with E-state index in [1.165, 1.54) is 0 Å². The Labute approximate surface area is 145 Å². The van der Waals surface area contributed by atoms with Gasteiger partial charge >= 0.3 is 0 Å². The third-order valence-electron chi connectivity index (χ3n) is 3.90. The SMILES string of the molecule is CCNC(=O)c1cccc(NC(=O)c2ccc3nccnc3c2)c1C. The van der Waals surface area contributed by atoms with Crippen molar-refractivity contribution in [3.63, 3.8) is 0 Å². The van der Waals surface area contributed by atoms with Gasteiger partial charge in [0.05, 0.1) is 11.0 Å². The minimum atomic E-state index is -0.260. The van der Waals surface area contributed by atoms with Crippen LogP contribution in [-0.2, 0) is 0 Å². The van der Waals surface area contributed by atoms with Crippen LogP contribution >= 0.6 is 0 Å². The molecule has 0 fully saturated rings. The van der Waals surface area contributed by atoms with Crippen LogP contribution in [0.15, 0.2) is 48.8 Å². The first-order valence-corrected chi connectivity index (χ1v) is 8.00. The second-order valence-corrected chi connectivity index (χ2v) is 5.55. The first-order valence-electron chi connectivity index (χ1n) is 8.00. The Morgan fingerprint density at radius 2 is 1.76 bits per heavy atom. The lowest BCUT2D eigenvalue weighted by Crippen LogP contribution is -2.24. The number of nitrogens with zero attached hydrogens (tertiary/aromatic N) is 2. The summed E-state index contributed by atoms with van der Waals surface area (Å²) < 4.78 is 0. The lowest BCUT2D eigenvalue weighted by Gasteiger charge is -2.12. The van der Waals surface area contributed by atoms with Gasteiger partial charge in [-0.25, -0.2) is 0 Å². The van der Waals surface area contributed by atoms with Crippen molar-refractivity contribution >= 4 is 28.5 Å². The predicted octanol–water partition coefficient (Wildman–Crippen LogP) is 2.94. The molecular formula is C19H18N4O2. The van der Waals surface area contributed by atoms with E-state index >= 15 is 0 Å². The molecule has 0 aliphatic rings. The highest BCUT2D eigenvalue weighted by Gasteiger charge is 2.14. The molecule has 0 unspecified atom stereocenters. The number of nitrogens with one attached hydrogen (secondary N) is 2. The fraction of sp³-hybridized carbons (Fsp3) is 0.158. The smallest absolute Gasteiger partial charge is 0.255 e. The number of fused-ring (bicyclic) bond motifs is 1. The third-order valence-corrected chi connectivity index (χ3v) is 3.90. The van der Waals surface area contributed by atoms with Gasteiger partial charge in [0.25, 0.3) is 11.8 Å². The van der Waals surface area contributed by atoms with Crippen LogP contribution in [0.3, 0.4) is 0 Å². The molecule has 0 spiro atoms. The molecule has 0 saturated heterocycles. The molecule has 6 nitrogen and oxygen atoms in total. The third kappa shape index (κ3) is 3.47. The zero-order valence-electron chi connectivity index (χ0n) is 14.0. The van der Waals surface area contributed by atoms with Gasteiger partial charge in [0.1, 0.15) is 0 Å². The summed E-state index contributed by atoms with van der Waals surface area (Å²) in [6, 6.07) is 10.4. The lowest BCUT2D eigenvalue weighted by atomic mass is 10.1. The molecule has 1 aromatic heterocycles. The molecule has 6 heteroatoms. The quantitative estimate of drug-likeness (QED) is 0.768. The van der Waals surface area contributed by atoms with Gasteiger partial charge in [-0.3, -0.25) is 19.6 Å². The Bertz CT molecular complexity index is 953. The van der Waals surface area contributed by atoms with Crippen molar-refractivity contribution in [2.75, 3.05) is 11.9 Å². The molecule has 0 radical (unpaired) electrons. The van der Waals surface area contributed by atoms with E-state index in [2.05, 4.69) is 20.6 Å². The summed E-state index contributed by atoms with van der Waals surface area (Å²) >= 11 is 0. The van der Waals surface area contributed by atoms with Gasteiger partial charge < -0.3 is 10.6 Å². The highest BCUT2D eigenvalue weighted by Crippen LogP contribution is 2.20. The number of amides is 2. The van der Waals surface area contributed by atoms with Crippen LogP contribution in [0.4, 0.5) is 5.69 Å². The summed E-state index contributed by atoms with van der Waals surface area (Å²) in [7, 11) is 0. The van der Waals surface area contributed by atoms with E-state index < -0.39 is 0 Å². The summed E-state index contributed by atoms with van der Waals surface area (Å²) in [4.78, 5) is 33.0. The number of carbonyl (C=O) groups is 2. The lowest BCUT2D eigenvalue weighted by molar-refractivity contribution is 0.0953. The molecule has 3 rings (SSSR count). The summed E-state index contributed by atoms with van der Waals surface area (Å²) in [6.45, 7) is 4.22. The fourth-order valence-corrected chi connectivity index (χ4v) is 2.57. The van der Waals surface area contributed by atoms with Crippen LogP contribution in [-0.4, -0.2) is 28.3 Å². The largest absolute Gasteiger partial charge is 0.352 e. The van der Waals surface area contributed by atoms with E-state index in [0.29, 0.717) is 28.9 Å². The second-order valence-electron chi connectivity index (χ2n) is 5.55. The molecule has 2 N–H and O–H groups in total. The number of rotatable bonds is 4. The molecule has 0 bridgehead atoms. The number of benzene rings is 2. The first kappa shape index (κ1) is 16.6. The van der Waals surface area contributed by atoms with Crippen LogP contribution in [0.2, 0.25) is 0 Å². The molecule has 2 amide bonds. The van der Waals surface area contributed by atoms with Gasteiger partial charge in [0.15, 0.2) is 0 Å². The van der Waals surface area contributed by atoms with Gasteiger partial charge in [-0.1, -0.05) is 6.07 Å². The Morgan fingerprint density at radius 1 is 1.00 bits per heavy atom. The summed E-state index contributed by atoms with van der Waals surface area (Å²) in [5.74, 6) is -0.416. The minimum Gasteiger partial charge on any atom is -0.352 e. The summed E-state index contributed by atoms with van der Waals surface area (Å²) in [5.41, 5.74) is 3.74. The highest BCUT2D eigenvalue weighted by molar-refractivity contribution is 6.07. The van der Waals surface area contributed by atoms with E-state index in [1.54, 1.807) is 48.8 Å². The molecular weight excluding hydrogens is 316 g/mol. The van der Waals surface area contributed by atoms with Gasteiger partial charge in [-0.05, 0) is 49.7 Å². The monoisotopic (exact) mass is 334 g/mol. The van der Waals surface area contributed by atoms with Crippen LogP contribution in [0.25, 0.3) is 11.0 Å². The van der Waals surface area contributed by atoms with E-state index in [4.69, 9.17) is 0 Å². The Morgan fingerprint density at radius 3 is 2.52 bits per heavy atom. The van der Waals surface area contributed by atoms with Crippen molar-refractivity contribution < 1.29 is 9.59 Å². The van der Waals surface area contributed by atoms with E-state index in [0.717, 1.165) is 11.1 Å². The zero-order chi connectivity index (χ0) is 17.8. The van der Waals surface area contributed by atoms with Gasteiger partial charge in [0, 0.05) is 35.8 Å².